The second kappa shape index (κ2) is 6.54. The minimum Gasteiger partial charge on any atom is -0.309 e. The number of nitrogens with zero attached hydrogens (tertiary/aromatic N) is 2. The molecular weight excluding hydrogens is 347 g/mol. The maximum Gasteiger partial charge on any atom is 0.326 e. The Morgan fingerprint density at radius 1 is 1.40 bits per heavy atom. The van der Waals surface area contributed by atoms with Gasteiger partial charge < -0.3 is 9.88 Å². The Labute approximate surface area is 148 Å². The van der Waals surface area contributed by atoms with Gasteiger partial charge in [0.1, 0.15) is 6.67 Å². The normalized spacial score (nSPS) is 16.6. The predicted molar refractivity (Wildman–Crippen MR) is 98.2 cm³/mol. The number of hydrogen-bond donors (Lipinski definition) is 2. The first-order chi connectivity index (χ1) is 11.8. The summed E-state index contributed by atoms with van der Waals surface area (Å²) in [5, 5.41) is 0. The lowest BCUT2D eigenvalue weighted by atomic mass is 10.3. The average molecular weight is 374 g/mol. The zero-order valence-electron chi connectivity index (χ0n) is 14.4. The number of alkyl halides is 1. The number of benzene rings is 1. The molecule has 0 unspecified atom stereocenters. The van der Waals surface area contributed by atoms with Crippen LogP contribution in [0.5, 0.6) is 0 Å². The number of imidazole rings is 1. The molecule has 0 radical (unpaired) electrons. The second-order valence-corrected chi connectivity index (χ2v) is 8.62. The highest BCUT2D eigenvalue weighted by Gasteiger charge is 2.46. The molecule has 0 saturated heterocycles. The Morgan fingerprint density at radius 3 is 2.72 bits per heavy atom. The molecule has 1 aliphatic rings. The third-order valence-electron chi connectivity index (χ3n) is 4.50. The monoisotopic (exact) mass is 374 g/mol. The second-order valence-electron chi connectivity index (χ2n) is 6.94. The molecule has 0 spiro atoms. The van der Waals surface area contributed by atoms with Gasteiger partial charge in [-0.2, -0.15) is 0 Å². The van der Waals surface area contributed by atoms with E-state index in [0.717, 1.165) is 13.0 Å². The van der Waals surface area contributed by atoms with Crippen molar-refractivity contribution >= 4 is 21.1 Å². The van der Waals surface area contributed by atoms with Gasteiger partial charge in [-0.25, -0.2) is 22.3 Å². The fourth-order valence-corrected chi connectivity index (χ4v) is 4.30. The number of fused-ring (bicyclic) bond motifs is 1. The number of aromatic nitrogens is 2. The fourth-order valence-electron chi connectivity index (χ4n) is 2.83. The Morgan fingerprint density at radius 2 is 2.12 bits per heavy atom. The van der Waals surface area contributed by atoms with Gasteiger partial charge in [-0.3, -0.25) is 4.57 Å². The van der Waals surface area contributed by atoms with Crippen molar-refractivity contribution in [3.05, 3.63) is 28.7 Å². The summed E-state index contributed by atoms with van der Waals surface area (Å²) in [6.45, 7) is 0.681. The van der Waals surface area contributed by atoms with Crippen LogP contribution in [0.2, 0.25) is 0 Å². The summed E-state index contributed by atoms with van der Waals surface area (Å²) in [5.74, 6) is 0. The van der Waals surface area contributed by atoms with Crippen molar-refractivity contribution in [1.29, 1.82) is 0 Å². The van der Waals surface area contributed by atoms with Gasteiger partial charge in [0.05, 0.1) is 21.5 Å². The third kappa shape index (κ3) is 3.78. The SMILES string of the molecule is CN(C)CCCn1c(=O)[nH]c2cc(S(=O)(=O)NC3(CF)CC3)ccc21.[HH].[HH]. The van der Waals surface area contributed by atoms with Crippen LogP contribution in [0.25, 0.3) is 11.0 Å². The molecule has 7 nitrogen and oxygen atoms in total. The molecule has 1 aromatic carbocycles. The number of aryl methyl sites for hydroxylation is 1. The molecule has 0 amide bonds. The van der Waals surface area contributed by atoms with Crippen LogP contribution in [0.15, 0.2) is 27.9 Å². The number of halogens is 1. The molecule has 0 aliphatic heterocycles. The lowest BCUT2D eigenvalue weighted by Crippen LogP contribution is -2.38. The zero-order valence-corrected chi connectivity index (χ0v) is 15.2. The minimum atomic E-state index is -3.82. The van der Waals surface area contributed by atoms with Crippen LogP contribution in [0.3, 0.4) is 0 Å². The van der Waals surface area contributed by atoms with Crippen LogP contribution in [-0.4, -0.2) is 55.7 Å². The van der Waals surface area contributed by atoms with Crippen molar-refractivity contribution in [1.82, 2.24) is 19.2 Å². The van der Waals surface area contributed by atoms with E-state index in [-0.39, 0.29) is 13.4 Å². The number of rotatable bonds is 8. The molecule has 3 rings (SSSR count). The summed E-state index contributed by atoms with van der Waals surface area (Å²) < 4.78 is 41.9. The first-order valence-corrected chi connectivity index (χ1v) is 9.72. The summed E-state index contributed by atoms with van der Waals surface area (Å²) >= 11 is 0. The maximum absolute atomic E-state index is 13.0. The topological polar surface area (TPSA) is 87.2 Å². The molecule has 2 aromatic rings. The van der Waals surface area contributed by atoms with Gasteiger partial charge in [0, 0.05) is 9.40 Å². The summed E-state index contributed by atoms with van der Waals surface area (Å²) in [6.07, 6.45) is 1.81. The van der Waals surface area contributed by atoms with Crippen molar-refractivity contribution in [2.45, 2.75) is 36.2 Å². The maximum atomic E-state index is 13.0. The van der Waals surface area contributed by atoms with Gasteiger partial charge in [-0.1, -0.05) is 0 Å². The van der Waals surface area contributed by atoms with Gasteiger partial charge in [0.25, 0.3) is 0 Å². The van der Waals surface area contributed by atoms with E-state index in [4.69, 9.17) is 0 Å². The molecule has 1 aliphatic carbocycles. The van der Waals surface area contributed by atoms with Crippen LogP contribution in [-0.2, 0) is 16.6 Å². The molecule has 1 aromatic heterocycles. The number of nitrogens with one attached hydrogen (secondary N) is 2. The molecule has 0 atom stereocenters. The van der Waals surface area contributed by atoms with E-state index in [2.05, 4.69) is 9.71 Å². The standard InChI is InChI=1S/C16H23FN4O3S.2H2/c1-20(2)8-3-9-21-14-5-4-12(10-13(14)18-15(21)22)25(23,24)19-16(11-17)6-7-16;;/h4-5,10,19H,3,6-9,11H2,1-2H3,(H,18,22);2*1H. The quantitative estimate of drug-likeness (QED) is 0.734. The van der Waals surface area contributed by atoms with E-state index in [1.54, 1.807) is 10.6 Å². The number of H-pyrrole nitrogens is 1. The van der Waals surface area contributed by atoms with E-state index in [0.29, 0.717) is 30.4 Å². The number of sulfonamides is 1. The highest BCUT2D eigenvalue weighted by Crippen LogP contribution is 2.37. The van der Waals surface area contributed by atoms with Gasteiger partial charge in [0.15, 0.2) is 0 Å². The number of hydrogen-bond acceptors (Lipinski definition) is 4. The van der Waals surface area contributed by atoms with E-state index in [1.807, 2.05) is 19.0 Å². The Bertz CT molecular complexity index is 939. The first kappa shape index (κ1) is 18.1. The summed E-state index contributed by atoms with van der Waals surface area (Å²) in [4.78, 5) is 16.9. The van der Waals surface area contributed by atoms with Crippen molar-refractivity contribution in [3.8, 4) is 0 Å². The van der Waals surface area contributed by atoms with Crippen molar-refractivity contribution < 1.29 is 15.7 Å². The van der Waals surface area contributed by atoms with E-state index in [1.165, 1.54) is 12.1 Å². The highest BCUT2D eigenvalue weighted by atomic mass is 32.2. The number of aromatic amines is 1. The van der Waals surface area contributed by atoms with Crippen LogP contribution >= 0.6 is 0 Å². The summed E-state index contributed by atoms with van der Waals surface area (Å²) in [6, 6.07) is 4.50. The van der Waals surface area contributed by atoms with Crippen LogP contribution in [0.1, 0.15) is 22.1 Å². The molecule has 1 saturated carbocycles. The summed E-state index contributed by atoms with van der Waals surface area (Å²) in [7, 11) is 0.110. The third-order valence-corrected chi connectivity index (χ3v) is 6.08. The molecular formula is C16H27FN4O3S. The highest BCUT2D eigenvalue weighted by molar-refractivity contribution is 7.89. The van der Waals surface area contributed by atoms with Crippen molar-refractivity contribution in [3.63, 3.8) is 0 Å². The fraction of sp³-hybridized carbons (Fsp3) is 0.562. The van der Waals surface area contributed by atoms with Crippen LogP contribution in [0, 0.1) is 0 Å². The van der Waals surface area contributed by atoms with E-state index >= 15 is 0 Å². The molecule has 2 N–H and O–H groups in total. The first-order valence-electron chi connectivity index (χ1n) is 8.24. The van der Waals surface area contributed by atoms with Crippen molar-refractivity contribution in [2.75, 3.05) is 27.3 Å². The molecule has 25 heavy (non-hydrogen) atoms. The predicted octanol–water partition coefficient (Wildman–Crippen LogP) is 1.55. The molecule has 9 heteroatoms. The van der Waals surface area contributed by atoms with Crippen molar-refractivity contribution in [2.24, 2.45) is 0 Å². The average Bonchev–Trinajstić information content (AvgIpc) is 3.23. The molecule has 142 valence electrons. The lowest BCUT2D eigenvalue weighted by Gasteiger charge is -2.14. The Kier molecular flexibility index (Phi) is 4.74. The van der Waals surface area contributed by atoms with Gasteiger partial charge in [-0.15, -0.1) is 0 Å². The van der Waals surface area contributed by atoms with Crippen LogP contribution in [0.4, 0.5) is 4.39 Å². The smallest absolute Gasteiger partial charge is 0.309 e. The minimum absolute atomic E-state index is 0. The van der Waals surface area contributed by atoms with Crippen LogP contribution < -0.4 is 10.4 Å². The molecule has 1 heterocycles. The Hall–Kier alpha value is -1.71. The van der Waals surface area contributed by atoms with E-state index < -0.39 is 22.2 Å². The Balaban J connectivity index is 0.00000182. The van der Waals surface area contributed by atoms with E-state index in [9.17, 15) is 17.6 Å². The zero-order chi connectivity index (χ0) is 18.2. The lowest BCUT2D eigenvalue weighted by molar-refractivity contribution is 0.386. The van der Waals surface area contributed by atoms with Gasteiger partial charge >= 0.3 is 5.69 Å². The van der Waals surface area contributed by atoms with Gasteiger partial charge in [0.2, 0.25) is 10.0 Å². The largest absolute Gasteiger partial charge is 0.326 e. The summed E-state index contributed by atoms with van der Waals surface area (Å²) in [5.41, 5.74) is -0.0879. The molecule has 0 bridgehead atoms. The van der Waals surface area contributed by atoms with Gasteiger partial charge in [-0.05, 0) is 58.1 Å². The molecule has 1 fully saturated rings.